The molecule has 0 aliphatic heterocycles. The lowest BCUT2D eigenvalue weighted by molar-refractivity contribution is -0.223. The van der Waals surface area contributed by atoms with E-state index in [2.05, 4.69) is 6.58 Å². The van der Waals surface area contributed by atoms with Gasteiger partial charge in [-0.25, -0.2) is 9.59 Å². The second-order valence-electron chi connectivity index (χ2n) is 7.69. The lowest BCUT2D eigenvalue weighted by Gasteiger charge is -2.45. The van der Waals surface area contributed by atoms with Crippen LogP contribution in [0.15, 0.2) is 12.2 Å². The van der Waals surface area contributed by atoms with Crippen LogP contribution in [0.3, 0.4) is 0 Å². The van der Waals surface area contributed by atoms with Gasteiger partial charge in [-0.15, -0.1) is 0 Å². The molecule has 23 heavy (non-hydrogen) atoms. The van der Waals surface area contributed by atoms with Crippen LogP contribution in [0.25, 0.3) is 0 Å². The van der Waals surface area contributed by atoms with Gasteiger partial charge >= 0.3 is 18.1 Å². The standard InChI is InChI=1S/C16H19F3O4/c1-9(2)11(20)22-15-5-10-4-14(10,8-15)6-13(3,7-15)23-12(21)16(17,18)19/h10H,1,4-8H2,2-3H3. The molecule has 4 nitrogen and oxygen atoms in total. The van der Waals surface area contributed by atoms with Crippen LogP contribution in [0.5, 0.6) is 0 Å². The zero-order chi connectivity index (χ0) is 17.3. The lowest BCUT2D eigenvalue weighted by Crippen LogP contribution is -2.51. The highest BCUT2D eigenvalue weighted by Crippen LogP contribution is 2.75. The van der Waals surface area contributed by atoms with Crippen LogP contribution in [0, 0.1) is 11.3 Å². The van der Waals surface area contributed by atoms with E-state index in [-0.39, 0.29) is 17.4 Å². The Bertz CT molecular complexity index is 599. The first-order valence-electron chi connectivity index (χ1n) is 7.58. The molecule has 1 spiro atoms. The number of hydrogen-bond donors (Lipinski definition) is 0. The zero-order valence-electron chi connectivity index (χ0n) is 13.1. The van der Waals surface area contributed by atoms with Crippen LogP contribution >= 0.6 is 0 Å². The number of fused-ring (bicyclic) bond motifs is 1. The predicted molar refractivity (Wildman–Crippen MR) is 73.2 cm³/mol. The SMILES string of the molecule is C=C(C)C(=O)OC12CC3CC3(CC(C)(OC(=O)C(F)(F)F)C1)C2. The third kappa shape index (κ3) is 2.74. The molecule has 128 valence electrons. The molecule has 0 radical (unpaired) electrons. The van der Waals surface area contributed by atoms with Gasteiger partial charge in [0.05, 0.1) is 0 Å². The summed E-state index contributed by atoms with van der Waals surface area (Å²) in [6, 6.07) is 0. The molecule has 4 unspecified atom stereocenters. The maximum Gasteiger partial charge on any atom is 0.490 e. The van der Waals surface area contributed by atoms with Crippen LogP contribution in [0.2, 0.25) is 0 Å². The van der Waals surface area contributed by atoms with Gasteiger partial charge in [-0.2, -0.15) is 13.2 Å². The number of halogens is 3. The number of carbonyl (C=O) groups excluding carboxylic acids is 2. The summed E-state index contributed by atoms with van der Waals surface area (Å²) in [5.41, 5.74) is -2.04. The van der Waals surface area contributed by atoms with Crippen molar-refractivity contribution in [1.29, 1.82) is 0 Å². The highest BCUT2D eigenvalue weighted by molar-refractivity contribution is 5.87. The molecule has 3 saturated carbocycles. The summed E-state index contributed by atoms with van der Waals surface area (Å²) in [5, 5.41) is 0. The van der Waals surface area contributed by atoms with Gasteiger partial charge in [0.1, 0.15) is 11.2 Å². The molecule has 0 heterocycles. The lowest BCUT2D eigenvalue weighted by atomic mass is 9.71. The summed E-state index contributed by atoms with van der Waals surface area (Å²) in [6.07, 6.45) is -2.41. The van der Waals surface area contributed by atoms with Crippen LogP contribution in [0.1, 0.15) is 46.0 Å². The quantitative estimate of drug-likeness (QED) is 0.588. The minimum atomic E-state index is -5.03. The Kier molecular flexibility index (Phi) is 3.20. The minimum absolute atomic E-state index is 0.0963. The number of esters is 2. The van der Waals surface area contributed by atoms with E-state index in [9.17, 15) is 22.8 Å². The molecule has 3 aliphatic rings. The van der Waals surface area contributed by atoms with Crippen molar-refractivity contribution in [3.05, 3.63) is 12.2 Å². The molecule has 3 rings (SSSR count). The van der Waals surface area contributed by atoms with Gasteiger partial charge in [-0.05, 0) is 50.9 Å². The van der Waals surface area contributed by atoms with Crippen LogP contribution < -0.4 is 0 Å². The maximum absolute atomic E-state index is 12.5. The second kappa shape index (κ2) is 4.51. The van der Waals surface area contributed by atoms with E-state index in [0.29, 0.717) is 25.2 Å². The van der Waals surface area contributed by atoms with E-state index in [0.717, 1.165) is 6.42 Å². The largest absolute Gasteiger partial charge is 0.490 e. The summed E-state index contributed by atoms with van der Waals surface area (Å²) >= 11 is 0. The highest BCUT2D eigenvalue weighted by atomic mass is 19.4. The minimum Gasteiger partial charge on any atom is -0.456 e. The number of hydrogen-bond acceptors (Lipinski definition) is 4. The summed E-state index contributed by atoms with van der Waals surface area (Å²) in [6.45, 7) is 6.56. The molecule has 0 amide bonds. The monoisotopic (exact) mass is 332 g/mol. The van der Waals surface area contributed by atoms with Crippen molar-refractivity contribution >= 4 is 11.9 Å². The van der Waals surface area contributed by atoms with Gasteiger partial charge in [-0.3, -0.25) is 0 Å². The third-order valence-electron chi connectivity index (χ3n) is 5.30. The number of alkyl halides is 3. The number of carbonyl (C=O) groups is 2. The molecule has 0 aromatic carbocycles. The molecule has 3 aliphatic carbocycles. The average Bonchev–Trinajstić information content (AvgIpc) is 2.88. The Morgan fingerprint density at radius 2 is 1.78 bits per heavy atom. The summed E-state index contributed by atoms with van der Waals surface area (Å²) < 4.78 is 48.0. The predicted octanol–water partition coefficient (Wildman–Crippen LogP) is 3.30. The molecule has 0 saturated heterocycles. The van der Waals surface area contributed by atoms with Gasteiger partial charge in [0, 0.05) is 12.0 Å². The van der Waals surface area contributed by atoms with Crippen LogP contribution in [-0.2, 0) is 19.1 Å². The van der Waals surface area contributed by atoms with Gasteiger partial charge in [0.15, 0.2) is 0 Å². The molecule has 4 atom stereocenters. The Balaban J connectivity index is 1.81. The molecular formula is C16H19F3O4. The summed E-state index contributed by atoms with van der Waals surface area (Å²) in [7, 11) is 0. The van der Waals surface area contributed by atoms with Gasteiger partial charge < -0.3 is 9.47 Å². The molecular weight excluding hydrogens is 313 g/mol. The topological polar surface area (TPSA) is 52.6 Å². The number of rotatable bonds is 3. The highest BCUT2D eigenvalue weighted by Gasteiger charge is 2.73. The third-order valence-corrected chi connectivity index (χ3v) is 5.30. The van der Waals surface area contributed by atoms with E-state index in [1.54, 1.807) is 0 Å². The summed E-state index contributed by atoms with van der Waals surface area (Å²) in [5.74, 6) is -2.41. The van der Waals surface area contributed by atoms with Crippen molar-refractivity contribution in [3.63, 3.8) is 0 Å². The zero-order valence-corrected chi connectivity index (χ0v) is 13.1. The van der Waals surface area contributed by atoms with Crippen molar-refractivity contribution in [1.82, 2.24) is 0 Å². The molecule has 7 heteroatoms. The first kappa shape index (κ1) is 16.3. The van der Waals surface area contributed by atoms with Crippen LogP contribution in [-0.4, -0.2) is 29.3 Å². The van der Waals surface area contributed by atoms with Gasteiger partial charge in [0.2, 0.25) is 0 Å². The molecule has 0 aromatic rings. The maximum atomic E-state index is 12.5. The Labute approximate surface area is 132 Å². The van der Waals surface area contributed by atoms with E-state index < -0.39 is 29.3 Å². The first-order chi connectivity index (χ1) is 10.4. The first-order valence-corrected chi connectivity index (χ1v) is 7.58. The van der Waals surface area contributed by atoms with E-state index in [1.165, 1.54) is 13.8 Å². The van der Waals surface area contributed by atoms with E-state index in [1.807, 2.05) is 0 Å². The van der Waals surface area contributed by atoms with Crippen molar-refractivity contribution in [2.24, 2.45) is 11.3 Å². The Morgan fingerprint density at radius 1 is 1.13 bits per heavy atom. The molecule has 0 N–H and O–H groups in total. The Hall–Kier alpha value is -1.53. The molecule has 0 aromatic heterocycles. The normalized spacial score (nSPS) is 41.0. The molecule has 3 fully saturated rings. The van der Waals surface area contributed by atoms with Crippen LogP contribution in [0.4, 0.5) is 13.2 Å². The number of ether oxygens (including phenoxy) is 2. The van der Waals surface area contributed by atoms with Gasteiger partial charge in [-0.1, -0.05) is 6.58 Å². The van der Waals surface area contributed by atoms with Gasteiger partial charge in [0.25, 0.3) is 0 Å². The van der Waals surface area contributed by atoms with Crippen molar-refractivity contribution in [2.45, 2.75) is 63.3 Å². The van der Waals surface area contributed by atoms with Crippen molar-refractivity contribution in [3.8, 4) is 0 Å². The van der Waals surface area contributed by atoms with Crippen molar-refractivity contribution in [2.75, 3.05) is 0 Å². The van der Waals surface area contributed by atoms with E-state index in [4.69, 9.17) is 9.47 Å². The fraction of sp³-hybridized carbons (Fsp3) is 0.750. The summed E-state index contributed by atoms with van der Waals surface area (Å²) in [4.78, 5) is 23.2. The second-order valence-corrected chi connectivity index (χ2v) is 7.69. The fourth-order valence-electron chi connectivity index (χ4n) is 4.75. The molecule has 2 bridgehead atoms. The fourth-order valence-corrected chi connectivity index (χ4v) is 4.75. The Morgan fingerprint density at radius 3 is 2.35 bits per heavy atom. The van der Waals surface area contributed by atoms with Crippen molar-refractivity contribution < 1.29 is 32.2 Å². The average molecular weight is 332 g/mol. The van der Waals surface area contributed by atoms with E-state index >= 15 is 0 Å². The smallest absolute Gasteiger partial charge is 0.456 e.